The van der Waals surface area contributed by atoms with Crippen molar-refractivity contribution in [2.45, 2.75) is 154 Å². The molecule has 8 heterocycles. The molecule has 602 valence electrons. The number of benzene rings is 4. The minimum Gasteiger partial charge on any atom is -0.489 e. The van der Waals surface area contributed by atoms with Crippen LogP contribution in [-0.4, -0.2) is 155 Å². The molecule has 16 rings (SSSR count). The van der Waals surface area contributed by atoms with Gasteiger partial charge < -0.3 is 40.6 Å². The normalized spacial score (nSPS) is 19.4. The summed E-state index contributed by atoms with van der Waals surface area (Å²) in [6.07, 6.45) is 43.7. The van der Waals surface area contributed by atoms with Crippen LogP contribution in [0, 0.1) is 59.7 Å². The van der Waals surface area contributed by atoms with E-state index in [4.69, 9.17) is 30.4 Å². The van der Waals surface area contributed by atoms with Gasteiger partial charge in [0.25, 0.3) is 0 Å². The van der Waals surface area contributed by atoms with Gasteiger partial charge in [-0.2, -0.15) is 20.4 Å². The number of rotatable bonds is 23. The molecule has 24 nitrogen and oxygen atoms in total. The number of ether oxygens (including phenoxy) is 4. The minimum atomic E-state index is -0.690. The van der Waals surface area contributed by atoms with E-state index in [-0.39, 0.29) is 29.2 Å². The molecule has 0 spiro atoms. The molecule has 4 aliphatic rings. The Balaban J connectivity index is 0.000000134. The van der Waals surface area contributed by atoms with Crippen LogP contribution in [0.3, 0.4) is 0 Å². The summed E-state index contributed by atoms with van der Waals surface area (Å²) in [5.74, 6) is 2.13. The van der Waals surface area contributed by atoms with Crippen LogP contribution < -0.4 is 35.7 Å². The number of hydrogen-bond acceptors (Lipinski definition) is 20. The maximum Gasteiger partial charge on any atom is 0.163 e. The Morgan fingerprint density at radius 1 is 0.417 bits per heavy atom. The number of halogens is 5. The van der Waals surface area contributed by atoms with Gasteiger partial charge in [-0.15, -0.1) is 0 Å². The van der Waals surface area contributed by atoms with Gasteiger partial charge in [0.1, 0.15) is 82.6 Å². The van der Waals surface area contributed by atoms with Crippen molar-refractivity contribution in [3.8, 4) is 90.8 Å². The monoisotopic (exact) mass is 1570 g/mol. The van der Waals surface area contributed by atoms with Crippen molar-refractivity contribution in [2.24, 2.45) is 35.1 Å². The number of aromatic nitrogens is 16. The molecule has 12 aromatic rings. The summed E-state index contributed by atoms with van der Waals surface area (Å²) in [6, 6.07) is 24.0. The molecule has 0 saturated heterocycles. The number of nitrogens with two attached hydrogens (primary N) is 2. The van der Waals surface area contributed by atoms with Crippen LogP contribution in [-0.2, 0) is 0 Å². The lowest BCUT2D eigenvalue weighted by Gasteiger charge is -2.32. The predicted molar refractivity (Wildman–Crippen MR) is 428 cm³/mol. The maximum atomic E-state index is 14.1. The summed E-state index contributed by atoms with van der Waals surface area (Å²) in [5.41, 5.74) is 19.5. The fourth-order valence-corrected chi connectivity index (χ4v) is 15.0. The molecule has 0 aliphatic heterocycles. The Hall–Kier alpha value is -11.3. The Bertz CT molecular complexity index is 5020. The van der Waals surface area contributed by atoms with Crippen LogP contribution in [0.15, 0.2) is 185 Å². The average Bonchev–Trinajstić information content (AvgIpc) is 1.67. The van der Waals surface area contributed by atoms with E-state index in [2.05, 4.69) is 98.4 Å². The van der Waals surface area contributed by atoms with Crippen molar-refractivity contribution in [3.63, 3.8) is 0 Å². The largest absolute Gasteiger partial charge is 0.489 e. The molecule has 115 heavy (non-hydrogen) atoms. The highest BCUT2D eigenvalue weighted by molar-refractivity contribution is 5.67. The van der Waals surface area contributed by atoms with Crippen LogP contribution in [0.4, 0.5) is 22.0 Å². The molecule has 5 N–H and O–H groups in total. The summed E-state index contributed by atoms with van der Waals surface area (Å²) < 4.78 is 100.0. The van der Waals surface area contributed by atoms with E-state index in [1.807, 2.05) is 19.2 Å². The van der Waals surface area contributed by atoms with E-state index < -0.39 is 11.6 Å². The molecule has 0 radical (unpaired) electrons. The maximum absolute atomic E-state index is 14.1. The van der Waals surface area contributed by atoms with Crippen molar-refractivity contribution >= 4 is 0 Å². The zero-order valence-corrected chi connectivity index (χ0v) is 65.4. The van der Waals surface area contributed by atoms with Crippen LogP contribution in [0.2, 0.25) is 0 Å². The molecule has 0 unspecified atom stereocenters. The first-order valence-electron chi connectivity index (χ1n) is 39.5. The molecule has 0 atom stereocenters. The quantitative estimate of drug-likeness (QED) is 0.0502. The second-order valence-electron chi connectivity index (χ2n) is 30.6. The van der Waals surface area contributed by atoms with Crippen LogP contribution >= 0.6 is 0 Å². The lowest BCUT2D eigenvalue weighted by Crippen LogP contribution is -2.38. The van der Waals surface area contributed by atoms with E-state index >= 15 is 0 Å². The third-order valence-corrected chi connectivity index (χ3v) is 21.4. The molecule has 4 aromatic carbocycles. The molecule has 0 bridgehead atoms. The van der Waals surface area contributed by atoms with Crippen LogP contribution in [0.25, 0.3) is 67.8 Å². The van der Waals surface area contributed by atoms with Gasteiger partial charge in [-0.25, -0.2) is 80.6 Å². The van der Waals surface area contributed by atoms with Crippen molar-refractivity contribution in [3.05, 3.63) is 219 Å². The Kier molecular flexibility index (Phi) is 28.2. The van der Waals surface area contributed by atoms with Gasteiger partial charge in [0, 0.05) is 77.3 Å². The van der Waals surface area contributed by atoms with Crippen LogP contribution in [0.5, 0.6) is 23.0 Å². The number of nitrogens with zero attached hydrogens (tertiary/aromatic N) is 17. The van der Waals surface area contributed by atoms with Gasteiger partial charge >= 0.3 is 0 Å². The van der Waals surface area contributed by atoms with E-state index in [1.54, 1.807) is 96.9 Å². The highest BCUT2D eigenvalue weighted by Crippen LogP contribution is 2.36. The summed E-state index contributed by atoms with van der Waals surface area (Å²) in [4.78, 5) is 36.1. The highest BCUT2D eigenvalue weighted by atomic mass is 19.1. The smallest absolute Gasteiger partial charge is 0.163 e. The van der Waals surface area contributed by atoms with E-state index in [0.29, 0.717) is 143 Å². The van der Waals surface area contributed by atoms with Crippen molar-refractivity contribution in [1.82, 2.24) is 89.2 Å². The Labute approximate surface area is 666 Å². The first-order chi connectivity index (χ1) is 55.9. The van der Waals surface area contributed by atoms with Gasteiger partial charge in [-0.3, -0.25) is 0 Å². The van der Waals surface area contributed by atoms with Gasteiger partial charge in [0.15, 0.2) is 34.6 Å². The molecule has 8 aromatic heterocycles. The second kappa shape index (κ2) is 39.7. The first kappa shape index (κ1) is 81.7. The number of hydrogen-bond donors (Lipinski definition) is 3. The van der Waals surface area contributed by atoms with Gasteiger partial charge in [-0.1, -0.05) is 44.2 Å². The third-order valence-electron chi connectivity index (χ3n) is 21.4. The summed E-state index contributed by atoms with van der Waals surface area (Å²) in [5, 5.41) is 20.7. The first-order valence-corrected chi connectivity index (χ1v) is 39.5. The van der Waals surface area contributed by atoms with Gasteiger partial charge in [0.2, 0.25) is 0 Å². The Morgan fingerprint density at radius 2 is 0.765 bits per heavy atom. The zero-order valence-electron chi connectivity index (χ0n) is 65.4. The number of nitrogens with one attached hydrogen (secondary N) is 1. The van der Waals surface area contributed by atoms with E-state index in [0.717, 1.165) is 104 Å². The van der Waals surface area contributed by atoms with Gasteiger partial charge in [-0.05, 0) is 208 Å². The van der Waals surface area contributed by atoms with E-state index in [1.165, 1.54) is 115 Å². The molecule has 4 fully saturated rings. The predicted octanol–water partition coefficient (Wildman–Crippen LogP) is 15.5. The minimum absolute atomic E-state index is 0.233. The summed E-state index contributed by atoms with van der Waals surface area (Å²) in [6.45, 7) is 8.73. The SMILES string of the molecule is CC(C)NC1CCC(COc2cncnc2-c2cnn(-c3ccccc3F)c2)CC1.CN(C)C1CCC(COc2cncnc2-c2cnn(-c3ccccc3F)c2)CC1.Cc1cc(F)cc(-n2cc(-c3ncncc3OCC3CCC(N)CC3)cn2)c1.NC1CCC(COc2cncnc2-c2cnn(-c3c(F)cccc3F)c2)CC1. The third kappa shape index (κ3) is 22.2. The molecule has 4 saturated carbocycles. The second-order valence-corrected chi connectivity index (χ2v) is 30.6. The van der Waals surface area contributed by atoms with Crippen molar-refractivity contribution < 1.29 is 40.9 Å². The molecule has 0 amide bonds. The molecule has 29 heteroatoms. The van der Waals surface area contributed by atoms with Crippen molar-refractivity contribution in [2.75, 3.05) is 40.5 Å². The van der Waals surface area contributed by atoms with Gasteiger partial charge in [0.05, 0.1) is 81.7 Å². The number of aryl methyl sites for hydroxylation is 1. The fourth-order valence-electron chi connectivity index (χ4n) is 15.0. The topological polar surface area (TPSA) is 279 Å². The summed E-state index contributed by atoms with van der Waals surface area (Å²) >= 11 is 0. The molecular weight excluding hydrogens is 1470 g/mol. The lowest BCUT2D eigenvalue weighted by atomic mass is 9.86. The Morgan fingerprint density at radius 3 is 1.15 bits per heavy atom. The van der Waals surface area contributed by atoms with Crippen LogP contribution in [0.1, 0.15) is 122 Å². The fraction of sp³-hybridized carbons (Fsp3) is 0.395. The molecular formula is C86H99F5N20O4. The number of para-hydroxylation sites is 3. The van der Waals surface area contributed by atoms with E-state index in [9.17, 15) is 22.0 Å². The lowest BCUT2D eigenvalue weighted by molar-refractivity contribution is 0.151. The summed E-state index contributed by atoms with van der Waals surface area (Å²) in [7, 11) is 4.30. The van der Waals surface area contributed by atoms with Crippen molar-refractivity contribution in [1.29, 1.82) is 0 Å². The standard InChI is InChI=1S/C23H28FN5O.C22H26FN5O.C21H24FN5O.C20H21F2N5O/c1-16(2)28-19-9-7-17(8-10-19)14-30-22-12-25-15-26-23(22)18-11-27-29(13-18)21-6-4-3-5-20(21)24;1-27(2)18-9-7-16(8-10-18)14-29-21-12-24-15-25-22(21)17-11-26-28(13-17)20-6-4-3-5-19(20)23;1-14-6-17(22)8-19(7-14)27-11-16(9-26-27)21-20(10-24-13-25-21)28-12-15-2-4-18(23)5-3-15;21-16-2-1-3-17(22)20(16)27-10-14(8-26-27)19-18(9-24-12-25-19)28-11-13-4-6-15(23)7-5-13/h3-6,11-13,15-17,19,28H,7-10,14H2,1-2H3;3-6,11-13,15-16,18H,7-10,14H2,1-2H3;6-11,13,15,18H,2-5,12,23H2,1H3;1-3,8-10,12-13,15H,4-7,11,23H2. The molecule has 4 aliphatic carbocycles. The average molecular weight is 1570 g/mol. The highest BCUT2D eigenvalue weighted by Gasteiger charge is 2.28. The zero-order chi connectivity index (χ0) is 80.2.